The number of fused-ring (bicyclic) bond motifs is 8. The average Bonchev–Trinajstić information content (AvgIpc) is 3.70. The van der Waals surface area contributed by atoms with E-state index in [0.717, 1.165) is 72.3 Å². The van der Waals surface area contributed by atoms with Crippen LogP contribution >= 0.6 is 0 Å². The first-order valence-corrected chi connectivity index (χ1v) is 20.2. The Hall–Kier alpha value is -7.10. The van der Waals surface area contributed by atoms with Gasteiger partial charge in [-0.1, -0.05) is 153 Å². The van der Waals surface area contributed by atoms with E-state index >= 15 is 0 Å². The van der Waals surface area contributed by atoms with Gasteiger partial charge in [-0.3, -0.25) is 0 Å². The maximum atomic E-state index is 14.8. The molecule has 0 fully saturated rings. The first-order chi connectivity index (χ1) is 28.8. The van der Waals surface area contributed by atoms with Crippen LogP contribution in [0.15, 0.2) is 200 Å². The molecule has 11 rings (SSSR count). The van der Waals surface area contributed by atoms with Crippen LogP contribution in [0.5, 0.6) is 0 Å². The predicted octanol–water partition coefficient (Wildman–Crippen LogP) is 14.9. The maximum Gasteiger partial charge on any atom is 0.123 e. The molecule has 0 heterocycles. The highest BCUT2D eigenvalue weighted by atomic mass is 19.1. The monoisotopic (exact) mass is 763 g/mol. The summed E-state index contributed by atoms with van der Waals surface area (Å²) < 4.78 is 29.6. The fourth-order valence-corrected chi connectivity index (χ4v) is 10.1. The number of hydrogen-bond acceptors (Lipinski definition) is 1. The highest BCUT2D eigenvalue weighted by Crippen LogP contribution is 2.59. The van der Waals surface area contributed by atoms with E-state index in [2.05, 4.69) is 164 Å². The molecule has 282 valence electrons. The van der Waals surface area contributed by atoms with Gasteiger partial charge in [-0.2, -0.15) is 0 Å². The van der Waals surface area contributed by atoms with Gasteiger partial charge in [0.15, 0.2) is 0 Å². The smallest absolute Gasteiger partial charge is 0.123 e. The van der Waals surface area contributed by atoms with Crippen molar-refractivity contribution in [2.75, 3.05) is 4.90 Å². The summed E-state index contributed by atoms with van der Waals surface area (Å²) in [6.45, 7) is 4.63. The van der Waals surface area contributed by atoms with E-state index in [0.29, 0.717) is 0 Å². The molecule has 0 saturated heterocycles. The molecule has 2 aliphatic rings. The van der Waals surface area contributed by atoms with E-state index in [1.807, 2.05) is 30.3 Å². The van der Waals surface area contributed by atoms with Crippen molar-refractivity contribution >= 4 is 27.8 Å². The predicted molar refractivity (Wildman–Crippen MR) is 239 cm³/mol. The second-order valence-corrected chi connectivity index (χ2v) is 16.4. The van der Waals surface area contributed by atoms with Gasteiger partial charge in [0.05, 0.1) is 5.41 Å². The van der Waals surface area contributed by atoms with Gasteiger partial charge in [0.1, 0.15) is 11.6 Å². The third-order valence-electron chi connectivity index (χ3n) is 12.9. The lowest BCUT2D eigenvalue weighted by Gasteiger charge is -2.35. The van der Waals surface area contributed by atoms with Crippen molar-refractivity contribution in [3.05, 3.63) is 245 Å². The lowest BCUT2D eigenvalue weighted by atomic mass is 9.67. The van der Waals surface area contributed by atoms with Gasteiger partial charge in [0.25, 0.3) is 0 Å². The molecule has 2 aliphatic carbocycles. The van der Waals surface area contributed by atoms with Gasteiger partial charge in [0.2, 0.25) is 0 Å². The normalized spacial score (nSPS) is 14.0. The molecule has 3 heteroatoms. The van der Waals surface area contributed by atoms with Gasteiger partial charge >= 0.3 is 0 Å². The molecule has 1 nitrogen and oxygen atoms in total. The Kier molecular flexibility index (Phi) is 7.87. The summed E-state index contributed by atoms with van der Waals surface area (Å²) in [4.78, 5) is 2.36. The largest absolute Gasteiger partial charge is 0.310 e. The first kappa shape index (κ1) is 35.1. The molecule has 0 amide bonds. The fraction of sp³-hybridized carbons (Fsp3) is 0.0714. The summed E-state index contributed by atoms with van der Waals surface area (Å²) in [5.41, 5.74) is 15.6. The molecule has 0 radical (unpaired) electrons. The van der Waals surface area contributed by atoms with E-state index < -0.39 is 5.41 Å². The molecule has 9 aromatic rings. The van der Waals surface area contributed by atoms with Gasteiger partial charge in [-0.15, -0.1) is 0 Å². The van der Waals surface area contributed by atoms with Crippen molar-refractivity contribution < 1.29 is 8.78 Å². The van der Waals surface area contributed by atoms with Crippen LogP contribution in [-0.2, 0) is 10.8 Å². The zero-order valence-electron chi connectivity index (χ0n) is 32.8. The number of benzene rings is 9. The van der Waals surface area contributed by atoms with Gasteiger partial charge in [-0.05, 0) is 138 Å². The van der Waals surface area contributed by atoms with Crippen LogP contribution in [0.2, 0.25) is 0 Å². The minimum Gasteiger partial charge on any atom is -0.310 e. The number of anilines is 3. The minimum absolute atomic E-state index is 0.189. The Balaban J connectivity index is 1.19. The Bertz CT molecular complexity index is 3030. The summed E-state index contributed by atoms with van der Waals surface area (Å²) >= 11 is 0. The van der Waals surface area contributed by atoms with Gasteiger partial charge in [0, 0.05) is 22.5 Å². The van der Waals surface area contributed by atoms with Crippen molar-refractivity contribution in [3.63, 3.8) is 0 Å². The van der Waals surface area contributed by atoms with Gasteiger partial charge < -0.3 is 4.90 Å². The van der Waals surface area contributed by atoms with Crippen molar-refractivity contribution in [1.82, 2.24) is 0 Å². The number of halogens is 2. The van der Waals surface area contributed by atoms with Gasteiger partial charge in [-0.25, -0.2) is 8.78 Å². The van der Waals surface area contributed by atoms with Crippen molar-refractivity contribution in [2.24, 2.45) is 0 Å². The maximum absolute atomic E-state index is 14.8. The topological polar surface area (TPSA) is 3.24 Å². The molecule has 0 spiro atoms. The molecule has 0 aliphatic heterocycles. The highest BCUT2D eigenvalue weighted by molar-refractivity contribution is 6.04. The molecule has 59 heavy (non-hydrogen) atoms. The average molecular weight is 764 g/mol. The van der Waals surface area contributed by atoms with Crippen LogP contribution in [-0.4, -0.2) is 0 Å². The van der Waals surface area contributed by atoms with E-state index in [1.54, 1.807) is 0 Å². The Morgan fingerprint density at radius 3 is 1.63 bits per heavy atom. The summed E-state index contributed by atoms with van der Waals surface area (Å²) in [7, 11) is 0. The van der Waals surface area contributed by atoms with Crippen LogP contribution < -0.4 is 4.90 Å². The summed E-state index contributed by atoms with van der Waals surface area (Å²) in [5.74, 6) is -0.610. The quantitative estimate of drug-likeness (QED) is 0.163. The van der Waals surface area contributed by atoms with Crippen molar-refractivity contribution in [3.8, 4) is 33.4 Å². The van der Waals surface area contributed by atoms with Crippen LogP contribution in [0.1, 0.15) is 47.2 Å². The molecule has 0 unspecified atom stereocenters. The van der Waals surface area contributed by atoms with Crippen molar-refractivity contribution in [1.29, 1.82) is 0 Å². The third-order valence-corrected chi connectivity index (χ3v) is 12.9. The molecule has 0 N–H and O–H groups in total. The molecule has 0 saturated carbocycles. The lowest BCUT2D eigenvalue weighted by Crippen LogP contribution is -2.29. The zero-order valence-corrected chi connectivity index (χ0v) is 32.8. The lowest BCUT2D eigenvalue weighted by molar-refractivity contribution is 0.622. The standard InChI is InChI=1S/C56H39F2N/c1-55(2)50-15-9-8-14-47(50)48-31-29-44(34-52(48)55)59(43-27-16-37(17-28-43)36-10-4-3-5-11-36)45-30-32-49-53(35-45)56(39-19-23-41(57)24-20-39,40-21-25-42(58)26-22-40)51-33-18-38-12-6-7-13-46(38)54(49)51/h3-35H,1-2H3. The Morgan fingerprint density at radius 2 is 0.932 bits per heavy atom. The second-order valence-electron chi connectivity index (χ2n) is 16.4. The van der Waals surface area contributed by atoms with E-state index in [4.69, 9.17) is 0 Å². The molecule has 9 aromatic carbocycles. The Labute approximate surface area is 343 Å². The first-order valence-electron chi connectivity index (χ1n) is 20.2. The fourth-order valence-electron chi connectivity index (χ4n) is 10.1. The molecular formula is C56H39F2N. The summed E-state index contributed by atoms with van der Waals surface area (Å²) in [6, 6.07) is 68.2. The van der Waals surface area contributed by atoms with Crippen LogP contribution in [0, 0.1) is 11.6 Å². The van der Waals surface area contributed by atoms with E-state index in [1.165, 1.54) is 46.5 Å². The summed E-state index contributed by atoms with van der Waals surface area (Å²) in [5, 5.41) is 2.27. The minimum atomic E-state index is -0.878. The molecule has 0 atom stereocenters. The Morgan fingerprint density at radius 1 is 0.390 bits per heavy atom. The number of nitrogens with zero attached hydrogens (tertiary/aromatic N) is 1. The van der Waals surface area contributed by atoms with Crippen LogP contribution in [0.25, 0.3) is 44.2 Å². The number of hydrogen-bond donors (Lipinski definition) is 0. The third kappa shape index (κ3) is 5.27. The SMILES string of the molecule is CC1(C)c2ccccc2-c2ccc(N(c3ccc(-c4ccccc4)cc3)c3ccc4c(c3)C(c3ccc(F)cc3)(c3ccc(F)cc3)c3ccc5ccccc5c3-4)cc21. The van der Waals surface area contributed by atoms with E-state index in [9.17, 15) is 8.78 Å². The second kappa shape index (κ2) is 13.2. The zero-order chi connectivity index (χ0) is 39.9. The summed E-state index contributed by atoms with van der Waals surface area (Å²) in [6.07, 6.45) is 0. The van der Waals surface area contributed by atoms with E-state index in [-0.39, 0.29) is 17.0 Å². The molecule has 0 bridgehead atoms. The molecule has 0 aromatic heterocycles. The molecular weight excluding hydrogens is 725 g/mol. The highest BCUT2D eigenvalue weighted by Gasteiger charge is 2.47. The van der Waals surface area contributed by atoms with Crippen LogP contribution in [0.3, 0.4) is 0 Å². The number of rotatable bonds is 6. The van der Waals surface area contributed by atoms with Crippen LogP contribution in [0.4, 0.5) is 25.8 Å². The van der Waals surface area contributed by atoms with Crippen molar-refractivity contribution in [2.45, 2.75) is 24.7 Å².